The zero-order chi connectivity index (χ0) is 58.2. The van der Waals surface area contributed by atoms with E-state index >= 15 is 0 Å². The fourth-order valence-electron chi connectivity index (χ4n) is 5.19. The Morgan fingerprint density at radius 3 is 1.36 bits per heavy atom. The van der Waals surface area contributed by atoms with Crippen LogP contribution in [0.15, 0.2) is 12.7 Å². The van der Waals surface area contributed by atoms with Crippen LogP contribution in [-0.2, 0) is 19.0 Å². The Balaban J connectivity index is -0.000000256. The summed E-state index contributed by atoms with van der Waals surface area (Å²) >= 11 is 0. The van der Waals surface area contributed by atoms with Crippen LogP contribution < -0.4 is 0 Å². The molecule has 0 spiro atoms. The van der Waals surface area contributed by atoms with Crippen molar-refractivity contribution in [2.24, 2.45) is 23.7 Å². The number of esters is 1. The minimum Gasteiger partial charge on any atom is -0.456 e. The van der Waals surface area contributed by atoms with Crippen LogP contribution in [0.2, 0.25) is 0 Å². The SMILES string of the molecule is C=CC(=O)OCC(F)(F)C(F)(F)C(F)(F)CO.CC1CCC(O)C1C(F)(F)F.CCC(CC)CO.CCC(CO)C(F)(F)F.CCCC(F)(F)OC(F)(F)OC(F)(F)CCO.CCCCC(F)(F)CCCO. The lowest BCUT2D eigenvalue weighted by molar-refractivity contribution is -0.514. The first-order chi connectivity index (χ1) is 32.5. The summed E-state index contributed by atoms with van der Waals surface area (Å²) in [6, 6.07) is 0. The van der Waals surface area contributed by atoms with E-state index in [2.05, 4.69) is 34.6 Å². The number of carbonyl (C=O) groups is 1. The Labute approximate surface area is 405 Å². The molecule has 0 saturated heterocycles. The van der Waals surface area contributed by atoms with Crippen LogP contribution in [-0.4, -0.2) is 137 Å². The van der Waals surface area contributed by atoms with E-state index in [-0.39, 0.29) is 45.1 Å². The molecular formula is C42H70F20O10. The van der Waals surface area contributed by atoms with Gasteiger partial charge in [-0.1, -0.05) is 67.4 Å². The lowest BCUT2D eigenvalue weighted by Gasteiger charge is -2.31. The Bertz CT molecular complexity index is 1320. The van der Waals surface area contributed by atoms with Gasteiger partial charge in [-0.2, -0.15) is 70.2 Å². The third-order valence-corrected chi connectivity index (χ3v) is 9.67. The first-order valence-corrected chi connectivity index (χ1v) is 22.2. The van der Waals surface area contributed by atoms with E-state index in [4.69, 9.17) is 30.6 Å². The monoisotopic (exact) mass is 1110 g/mol. The standard InChI is InChI=1S/C8H8F6O3.C8H12F6O3.C8H16F2O.C7H11F3O.C6H14O.C5H9F3O/c1-2-5(16)17-4-7(11,12)8(13,14)6(9,10)3-15;1-2-3-6(9,10)16-8(13,14)17-7(11,12)4-5-15;1-2-3-5-8(9,10)6-4-7-11;1-4-2-3-5(11)6(4)7(8,9)10;1-3-6(4-2)5-7;1-2-4(3-9)5(6,7)8/h2,15H,1,3-4H2;15H,2-5H2,1H3;11H,2-7H2,1H3;4-6,11H,2-3H2,1H3;6-7H,3-5H2,1-2H3;4,9H,2-3H2,1H3. The maximum absolute atomic E-state index is 12.7. The quantitative estimate of drug-likeness (QED) is 0.0224. The molecule has 0 radical (unpaired) electrons. The van der Waals surface area contributed by atoms with Crippen molar-refractivity contribution in [2.45, 2.75) is 186 Å². The second-order valence-corrected chi connectivity index (χ2v) is 15.8. The van der Waals surface area contributed by atoms with Crippen molar-refractivity contribution in [3.8, 4) is 0 Å². The Kier molecular flexibility index (Phi) is 39.7. The van der Waals surface area contributed by atoms with Crippen LogP contribution in [0.1, 0.15) is 125 Å². The predicted octanol–water partition coefficient (Wildman–Crippen LogP) is 12.1. The summed E-state index contributed by atoms with van der Waals surface area (Å²) in [6.45, 7) is 6.65. The Hall–Kier alpha value is -2.51. The third kappa shape index (κ3) is 35.6. The van der Waals surface area contributed by atoms with Crippen molar-refractivity contribution >= 4 is 5.97 Å². The fraction of sp³-hybridized carbons (Fsp3) is 0.929. The van der Waals surface area contributed by atoms with Gasteiger partial charge < -0.3 is 35.4 Å². The highest BCUT2D eigenvalue weighted by molar-refractivity contribution is 5.81. The molecule has 6 N–H and O–H groups in total. The maximum atomic E-state index is 12.7. The second-order valence-electron chi connectivity index (χ2n) is 15.8. The zero-order valence-electron chi connectivity index (χ0n) is 40.5. The number of ether oxygens (including phenoxy) is 3. The van der Waals surface area contributed by atoms with Gasteiger partial charge in [-0.05, 0) is 50.4 Å². The largest absolute Gasteiger partial charge is 0.494 e. The van der Waals surface area contributed by atoms with Crippen LogP contribution in [0.5, 0.6) is 0 Å². The maximum Gasteiger partial charge on any atom is 0.494 e. The molecule has 1 aliphatic carbocycles. The van der Waals surface area contributed by atoms with E-state index in [9.17, 15) is 92.6 Å². The van der Waals surface area contributed by atoms with Crippen molar-refractivity contribution in [2.75, 3.05) is 39.6 Å². The van der Waals surface area contributed by atoms with Crippen LogP contribution in [0.4, 0.5) is 87.8 Å². The number of halogens is 20. The molecule has 30 heteroatoms. The van der Waals surface area contributed by atoms with Gasteiger partial charge in [-0.25, -0.2) is 23.0 Å². The lowest BCUT2D eigenvalue weighted by Crippen LogP contribution is -2.57. The summed E-state index contributed by atoms with van der Waals surface area (Å²) < 4.78 is 257. The number of hydrogen-bond donors (Lipinski definition) is 6. The normalized spacial score (nSPS) is 17.3. The van der Waals surface area contributed by atoms with Crippen molar-refractivity contribution in [1.29, 1.82) is 0 Å². The molecule has 1 fully saturated rings. The summed E-state index contributed by atoms with van der Waals surface area (Å²) in [6.07, 6.45) is -21.5. The number of carbonyl (C=O) groups excluding carboxylic acids is 1. The van der Waals surface area contributed by atoms with Crippen LogP contribution in [0.25, 0.3) is 0 Å². The number of rotatable bonds is 25. The van der Waals surface area contributed by atoms with Gasteiger partial charge in [0.25, 0.3) is 0 Å². The van der Waals surface area contributed by atoms with Gasteiger partial charge in [0.1, 0.15) is 6.61 Å². The summed E-state index contributed by atoms with van der Waals surface area (Å²) in [5.74, 6) is -23.5. The first kappa shape index (κ1) is 78.4. The Morgan fingerprint density at radius 1 is 0.625 bits per heavy atom. The zero-order valence-corrected chi connectivity index (χ0v) is 40.5. The van der Waals surface area contributed by atoms with Crippen molar-refractivity contribution in [3.63, 3.8) is 0 Å². The molecule has 438 valence electrons. The van der Waals surface area contributed by atoms with Crippen molar-refractivity contribution < 1.29 is 137 Å². The lowest BCUT2D eigenvalue weighted by atomic mass is 9.96. The highest BCUT2D eigenvalue weighted by Crippen LogP contribution is 2.46. The number of unbranched alkanes of at least 4 members (excludes halogenated alkanes) is 1. The number of aliphatic hydroxyl groups excluding tert-OH is 6. The van der Waals surface area contributed by atoms with Gasteiger partial charge >= 0.3 is 54.6 Å². The molecule has 0 aromatic carbocycles. The third-order valence-electron chi connectivity index (χ3n) is 9.67. The highest BCUT2D eigenvalue weighted by atomic mass is 19.4. The molecule has 4 unspecified atom stereocenters. The second kappa shape index (κ2) is 36.5. The predicted molar refractivity (Wildman–Crippen MR) is 220 cm³/mol. The molecule has 0 aliphatic heterocycles. The highest BCUT2D eigenvalue weighted by Gasteiger charge is 2.71. The van der Waals surface area contributed by atoms with E-state index in [0.29, 0.717) is 31.4 Å². The molecule has 0 aromatic heterocycles. The van der Waals surface area contributed by atoms with Gasteiger partial charge in [0.2, 0.25) is 5.92 Å². The first-order valence-electron chi connectivity index (χ1n) is 22.2. The number of alkyl halides is 20. The molecule has 0 bridgehead atoms. The molecule has 10 nitrogen and oxygen atoms in total. The molecule has 0 amide bonds. The molecule has 1 saturated carbocycles. The van der Waals surface area contributed by atoms with E-state index in [1.165, 1.54) is 20.8 Å². The van der Waals surface area contributed by atoms with Gasteiger partial charge in [0.05, 0.1) is 37.6 Å². The number of aliphatic hydroxyl groups is 6. The summed E-state index contributed by atoms with van der Waals surface area (Å²) in [4.78, 5) is 10.3. The Morgan fingerprint density at radius 2 is 1.10 bits per heavy atom. The summed E-state index contributed by atoms with van der Waals surface area (Å²) in [5, 5.41) is 50.0. The number of hydrogen-bond acceptors (Lipinski definition) is 10. The average molecular weight is 1110 g/mol. The van der Waals surface area contributed by atoms with E-state index in [1.54, 1.807) is 0 Å². The molecule has 1 rings (SSSR count). The summed E-state index contributed by atoms with van der Waals surface area (Å²) in [5.41, 5.74) is 0. The van der Waals surface area contributed by atoms with Crippen LogP contribution in [0.3, 0.4) is 0 Å². The molecule has 0 aromatic rings. The van der Waals surface area contributed by atoms with Crippen molar-refractivity contribution in [1.82, 2.24) is 0 Å². The van der Waals surface area contributed by atoms with Crippen LogP contribution >= 0.6 is 0 Å². The van der Waals surface area contributed by atoms with Gasteiger partial charge in [-0.3, -0.25) is 0 Å². The average Bonchev–Trinajstić information content (AvgIpc) is 3.59. The van der Waals surface area contributed by atoms with Gasteiger partial charge in [0, 0.05) is 38.6 Å². The molecule has 72 heavy (non-hydrogen) atoms. The fourth-order valence-corrected chi connectivity index (χ4v) is 5.19. The van der Waals surface area contributed by atoms with E-state index in [0.717, 1.165) is 19.3 Å². The van der Waals surface area contributed by atoms with Crippen molar-refractivity contribution in [3.05, 3.63) is 12.7 Å². The van der Waals surface area contributed by atoms with E-state index < -0.39 is 124 Å². The topological polar surface area (TPSA) is 166 Å². The molecule has 1 aliphatic rings. The van der Waals surface area contributed by atoms with Gasteiger partial charge in [0.15, 0.2) is 6.61 Å². The molecule has 0 heterocycles. The minimum atomic E-state index is -5.85. The molecule has 4 atom stereocenters. The minimum absolute atomic E-state index is 0.0382. The summed E-state index contributed by atoms with van der Waals surface area (Å²) in [7, 11) is 0. The van der Waals surface area contributed by atoms with Gasteiger partial charge in [-0.15, -0.1) is 8.78 Å². The molecular weight excluding hydrogens is 1040 g/mol. The van der Waals surface area contributed by atoms with Crippen LogP contribution in [0, 0.1) is 23.7 Å². The smallest absolute Gasteiger partial charge is 0.456 e. The van der Waals surface area contributed by atoms with E-state index in [1.807, 2.05) is 6.92 Å².